The quantitative estimate of drug-likeness (QED) is 0.568. The van der Waals surface area contributed by atoms with Gasteiger partial charge in [0.1, 0.15) is 16.8 Å². The van der Waals surface area contributed by atoms with E-state index in [1.807, 2.05) is 0 Å². The summed E-state index contributed by atoms with van der Waals surface area (Å²) in [5.74, 6) is -2.13. The molecule has 2 aliphatic rings. The molecule has 9 nitrogen and oxygen atoms in total. The SMILES string of the molecule is COCC1=C(C(=O)OC)N2C(=O)[C@@](c3oc(=O)oc3C)([C@@H](C)O)[C@H]2S1. The lowest BCUT2D eigenvalue weighted by Gasteiger charge is -2.52. The third kappa shape index (κ3) is 2.21. The second-order valence-electron chi connectivity index (χ2n) is 5.73. The summed E-state index contributed by atoms with van der Waals surface area (Å²) in [4.78, 5) is 38.3. The molecule has 0 saturated carbocycles. The predicted octanol–water partition coefficient (Wildman–Crippen LogP) is 0.106. The van der Waals surface area contributed by atoms with Crippen molar-refractivity contribution in [3.05, 3.63) is 32.7 Å². The van der Waals surface area contributed by atoms with Crippen LogP contribution in [0, 0.1) is 6.92 Å². The van der Waals surface area contributed by atoms with Crippen LogP contribution in [0.4, 0.5) is 0 Å². The van der Waals surface area contributed by atoms with Crippen molar-refractivity contribution >= 4 is 23.6 Å². The third-order valence-corrected chi connectivity index (χ3v) is 5.79. The molecular formula is C15H17NO8S. The van der Waals surface area contributed by atoms with E-state index in [0.717, 1.165) is 0 Å². The number of esters is 1. The second kappa shape index (κ2) is 6.04. The van der Waals surface area contributed by atoms with Gasteiger partial charge >= 0.3 is 11.8 Å². The second-order valence-corrected chi connectivity index (χ2v) is 6.90. The van der Waals surface area contributed by atoms with Gasteiger partial charge in [-0.25, -0.2) is 9.59 Å². The zero-order chi connectivity index (χ0) is 18.5. The van der Waals surface area contributed by atoms with Gasteiger partial charge in [0.15, 0.2) is 11.2 Å². The monoisotopic (exact) mass is 371 g/mol. The molecule has 1 fully saturated rings. The smallest absolute Gasteiger partial charge is 0.464 e. The first kappa shape index (κ1) is 17.8. The Bertz CT molecular complexity index is 822. The molecule has 136 valence electrons. The maximum absolute atomic E-state index is 13.0. The van der Waals surface area contributed by atoms with Crippen molar-refractivity contribution in [1.29, 1.82) is 0 Å². The number of amides is 1. The molecule has 0 aliphatic carbocycles. The predicted molar refractivity (Wildman–Crippen MR) is 84.5 cm³/mol. The fourth-order valence-corrected chi connectivity index (χ4v) is 4.93. The van der Waals surface area contributed by atoms with Crippen LogP contribution in [0.3, 0.4) is 0 Å². The van der Waals surface area contributed by atoms with E-state index in [4.69, 9.17) is 18.3 Å². The van der Waals surface area contributed by atoms with Crippen molar-refractivity contribution in [1.82, 2.24) is 4.90 Å². The van der Waals surface area contributed by atoms with E-state index in [9.17, 15) is 19.5 Å². The summed E-state index contributed by atoms with van der Waals surface area (Å²) in [6.07, 6.45) is -1.19. The maximum atomic E-state index is 13.0. The van der Waals surface area contributed by atoms with Crippen molar-refractivity contribution in [3.63, 3.8) is 0 Å². The van der Waals surface area contributed by atoms with Gasteiger partial charge in [-0.1, -0.05) is 11.8 Å². The van der Waals surface area contributed by atoms with E-state index in [1.54, 1.807) is 0 Å². The molecule has 1 saturated heterocycles. The van der Waals surface area contributed by atoms with Gasteiger partial charge < -0.3 is 23.4 Å². The molecule has 1 aromatic heterocycles. The van der Waals surface area contributed by atoms with Crippen LogP contribution >= 0.6 is 11.8 Å². The Balaban J connectivity index is 2.11. The Morgan fingerprint density at radius 2 is 2.08 bits per heavy atom. The Hall–Kier alpha value is -2.04. The average Bonchev–Trinajstić information content (AvgIpc) is 3.06. The van der Waals surface area contributed by atoms with Gasteiger partial charge in [0, 0.05) is 12.0 Å². The van der Waals surface area contributed by atoms with E-state index < -0.39 is 34.6 Å². The molecule has 0 unspecified atom stereocenters. The molecule has 1 amide bonds. The van der Waals surface area contributed by atoms with Crippen LogP contribution in [0.5, 0.6) is 0 Å². The summed E-state index contributed by atoms with van der Waals surface area (Å²) < 4.78 is 19.8. The van der Waals surface area contributed by atoms with Gasteiger partial charge in [0.25, 0.3) is 0 Å². The van der Waals surface area contributed by atoms with Crippen LogP contribution in [0.25, 0.3) is 0 Å². The lowest BCUT2D eigenvalue weighted by Crippen LogP contribution is -2.72. The fraction of sp³-hybridized carbons (Fsp3) is 0.533. The minimum Gasteiger partial charge on any atom is -0.464 e. The number of ether oxygens (including phenoxy) is 2. The van der Waals surface area contributed by atoms with Crippen LogP contribution in [0.15, 0.2) is 24.2 Å². The van der Waals surface area contributed by atoms with Crippen LogP contribution in [-0.4, -0.2) is 54.2 Å². The first-order valence-corrected chi connectivity index (χ1v) is 8.28. The minimum atomic E-state index is -1.53. The summed E-state index contributed by atoms with van der Waals surface area (Å²) in [5.41, 5.74) is -1.46. The maximum Gasteiger partial charge on any atom is 0.519 e. The summed E-state index contributed by atoms with van der Waals surface area (Å²) in [5, 5.41) is 9.71. The number of hydrogen-bond acceptors (Lipinski definition) is 9. The number of aliphatic hydroxyl groups is 1. The van der Waals surface area contributed by atoms with Gasteiger partial charge in [-0.3, -0.25) is 9.69 Å². The van der Waals surface area contributed by atoms with Crippen LogP contribution in [-0.2, 0) is 24.5 Å². The summed E-state index contributed by atoms with van der Waals surface area (Å²) in [7, 11) is 2.67. The van der Waals surface area contributed by atoms with Crippen molar-refractivity contribution < 1.29 is 33.0 Å². The Labute approximate surface area is 146 Å². The fourth-order valence-electron chi connectivity index (χ4n) is 3.29. The highest BCUT2D eigenvalue weighted by molar-refractivity contribution is 8.04. The number of methoxy groups -OCH3 is 2. The van der Waals surface area contributed by atoms with Crippen LogP contribution < -0.4 is 5.82 Å². The summed E-state index contributed by atoms with van der Waals surface area (Å²) in [6, 6.07) is 0. The molecule has 1 aromatic rings. The van der Waals surface area contributed by atoms with Gasteiger partial charge in [0.2, 0.25) is 5.91 Å². The summed E-state index contributed by atoms with van der Waals surface area (Å²) >= 11 is 1.18. The molecule has 0 radical (unpaired) electrons. The van der Waals surface area contributed by atoms with Gasteiger partial charge in [-0.15, -0.1) is 0 Å². The zero-order valence-electron chi connectivity index (χ0n) is 14.0. The number of carbonyl (C=O) groups excluding carboxylic acids is 2. The Kier molecular flexibility index (Phi) is 4.30. The number of β-lactam (4-membered cyclic amide) rings is 1. The van der Waals surface area contributed by atoms with E-state index in [0.29, 0.717) is 4.91 Å². The molecule has 3 rings (SSSR count). The first-order valence-electron chi connectivity index (χ1n) is 7.40. The number of rotatable bonds is 5. The summed E-state index contributed by atoms with van der Waals surface area (Å²) in [6.45, 7) is 3.00. The number of aryl methyl sites for hydroxylation is 1. The highest BCUT2D eigenvalue weighted by Crippen LogP contribution is 2.58. The number of nitrogens with zero attached hydrogens (tertiary/aromatic N) is 1. The van der Waals surface area contributed by atoms with Crippen molar-refractivity contribution in [2.75, 3.05) is 20.8 Å². The third-order valence-electron chi connectivity index (χ3n) is 4.39. The normalized spacial score (nSPS) is 26.5. The standard InChI is InChI=1S/C15H17NO8S/c1-6-10(24-14(20)23-6)15(7(2)17)12(19)16-9(11(18)22-4)8(5-21-3)25-13(15)16/h7,13,17H,5H2,1-4H3/t7-,13-,15+/m1/s1. The van der Waals surface area contributed by atoms with Crippen molar-refractivity contribution in [3.8, 4) is 0 Å². The first-order chi connectivity index (χ1) is 11.8. The zero-order valence-corrected chi connectivity index (χ0v) is 14.8. The van der Waals surface area contributed by atoms with Crippen LogP contribution in [0.1, 0.15) is 18.4 Å². The largest absolute Gasteiger partial charge is 0.519 e. The topological polar surface area (TPSA) is 119 Å². The van der Waals surface area contributed by atoms with Gasteiger partial charge in [-0.05, 0) is 13.8 Å². The Morgan fingerprint density at radius 3 is 2.56 bits per heavy atom. The molecule has 1 N–H and O–H groups in total. The molecule has 10 heteroatoms. The molecule has 2 aliphatic heterocycles. The van der Waals surface area contributed by atoms with Crippen molar-refractivity contribution in [2.24, 2.45) is 0 Å². The van der Waals surface area contributed by atoms with Gasteiger partial charge in [-0.2, -0.15) is 0 Å². The highest BCUT2D eigenvalue weighted by atomic mass is 32.2. The highest BCUT2D eigenvalue weighted by Gasteiger charge is 2.72. The molecule has 0 bridgehead atoms. The molecule has 0 spiro atoms. The van der Waals surface area contributed by atoms with Gasteiger partial charge in [0.05, 0.1) is 19.8 Å². The molecular weight excluding hydrogens is 354 g/mol. The molecule has 0 aromatic carbocycles. The molecule has 25 heavy (non-hydrogen) atoms. The molecule has 3 atom stereocenters. The Morgan fingerprint density at radius 1 is 1.40 bits per heavy atom. The number of aliphatic hydroxyl groups excluding tert-OH is 1. The van der Waals surface area contributed by atoms with E-state index in [2.05, 4.69) is 0 Å². The lowest BCUT2D eigenvalue weighted by molar-refractivity contribution is -0.163. The number of carbonyl (C=O) groups is 2. The van der Waals surface area contributed by atoms with E-state index in [-0.39, 0.29) is 23.8 Å². The van der Waals surface area contributed by atoms with E-state index in [1.165, 1.54) is 44.7 Å². The van der Waals surface area contributed by atoms with Crippen LogP contribution in [0.2, 0.25) is 0 Å². The lowest BCUT2D eigenvalue weighted by atomic mass is 9.71. The van der Waals surface area contributed by atoms with Crippen molar-refractivity contribution in [2.45, 2.75) is 30.7 Å². The molecule has 3 heterocycles. The number of thioether (sulfide) groups is 1. The average molecular weight is 371 g/mol. The van der Waals surface area contributed by atoms with E-state index >= 15 is 0 Å². The minimum absolute atomic E-state index is 0.0332. The number of fused-ring (bicyclic) bond motifs is 1. The number of hydrogen-bond donors (Lipinski definition) is 1.